The summed E-state index contributed by atoms with van der Waals surface area (Å²) in [5, 5.41) is 6.61. The molecule has 0 spiro atoms. The molecule has 0 saturated carbocycles. The van der Waals surface area contributed by atoms with Crippen molar-refractivity contribution in [3.05, 3.63) is 164 Å². The topological polar surface area (TPSA) is 0 Å². The molecule has 0 bridgehead atoms. The van der Waals surface area contributed by atoms with E-state index in [1.165, 1.54) is 44.5 Å². The van der Waals surface area contributed by atoms with Gasteiger partial charge < -0.3 is 24.8 Å². The number of hydrogen-bond acceptors (Lipinski definition) is 0. The van der Waals surface area contributed by atoms with Crippen molar-refractivity contribution < 1.29 is 51.0 Å². The van der Waals surface area contributed by atoms with Crippen LogP contribution in [0.1, 0.15) is 46.9 Å². The third-order valence-corrected chi connectivity index (χ3v) is 19.5. The van der Waals surface area contributed by atoms with Crippen molar-refractivity contribution in [1.29, 1.82) is 0 Å². The molecule has 0 heterocycles. The average Bonchev–Trinajstić information content (AvgIpc) is 3.88. The minimum atomic E-state index is -1.13. The fourth-order valence-corrected chi connectivity index (χ4v) is 19.4. The van der Waals surface area contributed by atoms with E-state index in [4.69, 9.17) is 0 Å². The Hall–Kier alpha value is -1.83. The molecule has 7 heteroatoms. The van der Waals surface area contributed by atoms with Crippen molar-refractivity contribution in [2.45, 2.75) is 103 Å². The summed E-state index contributed by atoms with van der Waals surface area (Å²) in [5.74, 6) is 0.763. The van der Waals surface area contributed by atoms with Crippen molar-refractivity contribution >= 4 is 32.3 Å². The van der Waals surface area contributed by atoms with Crippen molar-refractivity contribution in [3.63, 3.8) is 0 Å². The molecular formula is C48H60Cl2Si4Zr. The molecule has 286 valence electrons. The predicted octanol–water partition coefficient (Wildman–Crippen LogP) is 8.22. The first-order chi connectivity index (χ1) is 24.4. The van der Waals surface area contributed by atoms with Crippen LogP contribution >= 0.6 is 0 Å². The first kappa shape index (κ1) is 47.5. The molecule has 4 aliphatic rings. The summed E-state index contributed by atoms with van der Waals surface area (Å²) < 4.78 is 0. The third-order valence-electron chi connectivity index (χ3n) is 10.9. The van der Waals surface area contributed by atoms with Gasteiger partial charge in [0.25, 0.3) is 0 Å². The Morgan fingerprint density at radius 2 is 0.618 bits per heavy atom. The summed E-state index contributed by atoms with van der Waals surface area (Å²) in [6.45, 7) is 29.2. The van der Waals surface area contributed by atoms with Crippen LogP contribution in [-0.2, 0) is 26.2 Å². The molecule has 0 atom stereocenters. The molecular weight excluding hydrogens is 851 g/mol. The van der Waals surface area contributed by atoms with Crippen LogP contribution in [0, 0.1) is 12.2 Å². The van der Waals surface area contributed by atoms with Crippen molar-refractivity contribution in [2.24, 2.45) is 0 Å². The van der Waals surface area contributed by atoms with Gasteiger partial charge in [-0.1, -0.05) is 176 Å². The van der Waals surface area contributed by atoms with Crippen LogP contribution in [0.5, 0.6) is 0 Å². The first-order valence-electron chi connectivity index (χ1n) is 19.4. The van der Waals surface area contributed by atoms with E-state index in [1.807, 2.05) is 0 Å². The second kappa shape index (κ2) is 18.4. The van der Waals surface area contributed by atoms with E-state index in [1.54, 1.807) is 20.8 Å². The standard InChI is InChI=1S/C26H18.2C11H21Si2.2ClH.Zr/c1-5-13-21-17(9-1)18-10-2-6-14-22(18)25(21)26-23-15-7-3-11-19(23)20-12-4-8-16-24(20)26;2*1-12(2,3)10-8-7-9-11(10)13(4,5)6;;;/h1-16,25-26H;2*8H,7H2,1-6H3;2*1H;/q;2*-1;;;+4/p-2. The van der Waals surface area contributed by atoms with Crippen LogP contribution < -0.4 is 24.8 Å². The van der Waals surface area contributed by atoms with Gasteiger partial charge in [0.1, 0.15) is 0 Å². The number of halogens is 2. The zero-order valence-corrected chi connectivity index (χ0v) is 43.2. The first-order valence-corrected chi connectivity index (χ1v) is 33.4. The predicted molar refractivity (Wildman–Crippen MR) is 240 cm³/mol. The molecule has 0 amide bonds. The van der Waals surface area contributed by atoms with Crippen LogP contribution in [0.4, 0.5) is 0 Å². The summed E-state index contributed by atoms with van der Waals surface area (Å²) >= 11 is 0. The van der Waals surface area contributed by atoms with Gasteiger partial charge in [0.15, 0.2) is 0 Å². The van der Waals surface area contributed by atoms with E-state index < -0.39 is 32.3 Å². The Bertz CT molecular complexity index is 1800. The molecule has 0 aliphatic heterocycles. The summed E-state index contributed by atoms with van der Waals surface area (Å²) in [4.78, 5) is 0. The maximum atomic E-state index is 3.57. The normalized spacial score (nSPS) is 15.7. The average molecular weight is 911 g/mol. The minimum Gasteiger partial charge on any atom is -1.00 e. The molecule has 55 heavy (non-hydrogen) atoms. The second-order valence-corrected chi connectivity index (χ2v) is 39.1. The summed E-state index contributed by atoms with van der Waals surface area (Å²) in [7, 11) is -4.45. The maximum absolute atomic E-state index is 3.57. The number of hydrogen-bond donors (Lipinski definition) is 0. The SMILES string of the molecule is C[Si](C)(C)C1=[C-]CC=C1[Si](C)(C)C.C[Si](C)(C)C1=[C-]CC=C1[Si](C)(C)C.[Cl-].[Cl-].[Zr+4].c1ccc2c(c1)-c1ccccc1C2C1c2ccccc2-c2ccccc21. The quantitative estimate of drug-likeness (QED) is 0.140. The number of rotatable bonds is 5. The molecule has 0 saturated heterocycles. The van der Waals surface area contributed by atoms with Crippen LogP contribution in [0.2, 0.25) is 78.6 Å². The Morgan fingerprint density at radius 1 is 0.382 bits per heavy atom. The molecule has 0 radical (unpaired) electrons. The van der Waals surface area contributed by atoms with E-state index in [-0.39, 0.29) is 51.0 Å². The molecule has 4 aromatic carbocycles. The summed E-state index contributed by atoms with van der Waals surface area (Å²) in [5.41, 5.74) is 11.4. The van der Waals surface area contributed by atoms with Gasteiger partial charge in [0, 0.05) is 28.0 Å². The van der Waals surface area contributed by atoms with Crippen LogP contribution in [-0.4, -0.2) is 32.3 Å². The minimum absolute atomic E-state index is 0. The van der Waals surface area contributed by atoms with E-state index in [9.17, 15) is 0 Å². The summed E-state index contributed by atoms with van der Waals surface area (Å²) in [6, 6.07) is 35.8. The van der Waals surface area contributed by atoms with Gasteiger partial charge >= 0.3 is 26.2 Å². The van der Waals surface area contributed by atoms with Crippen LogP contribution in [0.25, 0.3) is 22.3 Å². The smallest absolute Gasteiger partial charge is 1.00 e. The Balaban J connectivity index is 0.000000241. The Labute approximate surface area is 370 Å². The van der Waals surface area contributed by atoms with E-state index in [2.05, 4.69) is 200 Å². The van der Waals surface area contributed by atoms with Gasteiger partial charge in [-0.05, 0) is 60.7 Å². The second-order valence-electron chi connectivity index (χ2n) is 19.1. The zero-order chi connectivity index (χ0) is 37.6. The molecule has 0 fully saturated rings. The molecule has 8 rings (SSSR count). The molecule has 0 nitrogen and oxygen atoms in total. The Morgan fingerprint density at radius 3 is 0.818 bits per heavy atom. The van der Waals surface area contributed by atoms with Crippen LogP contribution in [0.3, 0.4) is 0 Å². The maximum Gasteiger partial charge on any atom is 4.00 e. The zero-order valence-electron chi connectivity index (χ0n) is 35.2. The molecule has 0 aromatic heterocycles. The number of fused-ring (bicyclic) bond motifs is 6. The van der Waals surface area contributed by atoms with Crippen molar-refractivity contribution in [1.82, 2.24) is 0 Å². The molecule has 4 aliphatic carbocycles. The third kappa shape index (κ3) is 10.1. The number of benzene rings is 4. The fourth-order valence-electron chi connectivity index (χ4n) is 8.71. The molecule has 0 N–H and O–H groups in total. The Kier molecular flexibility index (Phi) is 15.9. The van der Waals surface area contributed by atoms with Gasteiger partial charge in [-0.3, -0.25) is 12.2 Å². The fraction of sp³-hybridized carbons (Fsp3) is 0.333. The van der Waals surface area contributed by atoms with Crippen molar-refractivity contribution in [3.8, 4) is 22.3 Å². The molecule has 0 unspecified atom stereocenters. The van der Waals surface area contributed by atoms with Gasteiger partial charge in [-0.15, -0.1) is 12.8 Å². The van der Waals surface area contributed by atoms with Gasteiger partial charge in [-0.25, -0.2) is 20.8 Å². The molecule has 4 aromatic rings. The van der Waals surface area contributed by atoms with Gasteiger partial charge in [0.2, 0.25) is 0 Å². The van der Waals surface area contributed by atoms with Crippen molar-refractivity contribution in [2.75, 3.05) is 0 Å². The van der Waals surface area contributed by atoms with E-state index in [0.717, 1.165) is 12.8 Å². The van der Waals surface area contributed by atoms with Gasteiger partial charge in [-0.2, -0.15) is 12.2 Å². The van der Waals surface area contributed by atoms with E-state index >= 15 is 0 Å². The largest absolute Gasteiger partial charge is 4.00 e. The summed E-state index contributed by atoms with van der Waals surface area (Å²) in [6.07, 6.45) is 14.1. The number of allylic oxidation sites excluding steroid dienone is 8. The van der Waals surface area contributed by atoms with Gasteiger partial charge in [0.05, 0.1) is 0 Å². The van der Waals surface area contributed by atoms with E-state index in [0.29, 0.717) is 11.8 Å². The monoisotopic (exact) mass is 908 g/mol. The van der Waals surface area contributed by atoms with Crippen LogP contribution in [0.15, 0.2) is 130 Å².